The van der Waals surface area contributed by atoms with E-state index in [0.717, 1.165) is 57.1 Å². The molecule has 0 fully saturated rings. The van der Waals surface area contributed by atoms with Crippen molar-refractivity contribution in [3.63, 3.8) is 0 Å². The summed E-state index contributed by atoms with van der Waals surface area (Å²) in [6, 6.07) is -11.1. The number of nitrogens with zero attached hydrogens (tertiary/aromatic N) is 7. The van der Waals surface area contributed by atoms with Crippen LogP contribution in [0.4, 0.5) is 0 Å². The molecule has 5 aromatic heterocycles. The Labute approximate surface area is 615 Å². The second kappa shape index (κ2) is 31.8. The predicted molar refractivity (Wildman–Crippen MR) is 384 cm³/mol. The molecular formula is C66H79N17O16S5. The van der Waals surface area contributed by atoms with Gasteiger partial charge in [-0.25, -0.2) is 29.7 Å². The van der Waals surface area contributed by atoms with Crippen LogP contribution in [0.1, 0.15) is 203 Å². The van der Waals surface area contributed by atoms with Gasteiger partial charge in [0, 0.05) is 32.8 Å². The molecule has 13 bridgehead atoms. The Balaban J connectivity index is 1.17. The molecule has 9 heterocycles. The van der Waals surface area contributed by atoms with Crippen molar-refractivity contribution < 1.29 is 78.2 Å². The van der Waals surface area contributed by atoms with Gasteiger partial charge < -0.3 is 78.5 Å². The molecule has 0 saturated carbocycles. The average molecular weight is 1530 g/mol. The number of aliphatic hydroxyl groups excluding tert-OH is 4. The summed E-state index contributed by atoms with van der Waals surface area (Å²) >= 11 is 4.69. The Morgan fingerprint density at radius 1 is 0.779 bits per heavy atom. The number of allylic oxidation sites excluding steroid dienone is 1. The fraction of sp³-hybridized carbons (Fsp3) is 0.470. The number of hydrogen-bond donors (Lipinski definition) is 15. The van der Waals surface area contributed by atoms with Crippen molar-refractivity contribution >= 4 is 133 Å². The zero-order valence-electron chi connectivity index (χ0n) is 57.8. The van der Waals surface area contributed by atoms with E-state index in [-0.39, 0.29) is 94.7 Å². The SMILES string of the molecule is C=C1NC(=O)C(C)NC(=O)C(C(C)CC)NC2C=Cc3c(C(C)O)cc(nc3C2O)C(=O)OC(C)C2NC(=O)c3csc(n3)C(C(C)(O)C(C)O)NC(=O)C3CSC(=N3)C(=CC)NC(=O)C(C(C)O)NC(=O)c3csc(n3)C3(CCC(c4nc(C(N)=O)cs4)=NC3c3csc2n3)NC(=O)C(C)NC1=O. The standard InChI is InChI=1S/C66H79N17O16S5/c1-12-24(3)43-57(95)70-26(5)52(90)68-25(4)51(89)69-27(6)53(91)83-66-17-16-36(60-76-39(20-100-60)50(67)88)73-48(66)38-19-102-61(75-38)45(30(9)99-63(97)37-18-33(28(7)84)32-14-15-35(71-43)47(87)46(32)72-37)81-54(92)40-22-103-62(78-40)49(65(11,98)31(10)86)82-56(94)41-21-101-59(77-41)34(13-2)74-58(96)44(29(8)85)80-55(93)42-23-104-64(66)79-42/h13-15,18-20,22-24,26-31,35,41,43-45,47-49,71,84-87,98H,4,12,16-17,21H2,1-3,5-11H3,(H2,67,88)(H,68,90)(H,69,89)(H,70,95)(H,74,96)(H,80,93)(H,81,92)(H,82,94)(H,83,91). The maximum atomic E-state index is 15.2. The Morgan fingerprint density at radius 3 is 2.14 bits per heavy atom. The molecule has 554 valence electrons. The van der Waals surface area contributed by atoms with Gasteiger partial charge >= 0.3 is 5.97 Å². The van der Waals surface area contributed by atoms with Crippen LogP contribution >= 0.6 is 57.1 Å². The van der Waals surface area contributed by atoms with Gasteiger partial charge in [0.2, 0.25) is 29.5 Å². The number of esters is 1. The summed E-state index contributed by atoms with van der Waals surface area (Å²) in [5.74, 6) is -9.57. The summed E-state index contributed by atoms with van der Waals surface area (Å²) in [4.78, 5) is 177. The number of thiazole rings is 4. The first kappa shape index (κ1) is 77.6. The van der Waals surface area contributed by atoms with Crippen molar-refractivity contribution in [3.8, 4) is 0 Å². The number of amides is 9. The number of rotatable bonds is 8. The predicted octanol–water partition coefficient (Wildman–Crippen LogP) is 1.51. The molecule has 17 unspecified atom stereocenters. The van der Waals surface area contributed by atoms with Gasteiger partial charge in [0.25, 0.3) is 23.6 Å². The summed E-state index contributed by atoms with van der Waals surface area (Å²) in [5, 5.41) is 88.2. The highest BCUT2D eigenvalue weighted by molar-refractivity contribution is 8.14. The smallest absolute Gasteiger partial charge is 0.357 e. The molecule has 17 atom stereocenters. The largest absolute Gasteiger partial charge is 0.455 e. The van der Waals surface area contributed by atoms with Crippen LogP contribution < -0.4 is 53.6 Å². The zero-order chi connectivity index (χ0) is 75.7. The Kier molecular flexibility index (Phi) is 23.7. The lowest BCUT2D eigenvalue weighted by molar-refractivity contribution is -0.131. The molecule has 38 heteroatoms. The normalized spacial score (nSPS) is 28.5. The Hall–Kier alpha value is -8.96. The molecule has 0 spiro atoms. The van der Waals surface area contributed by atoms with Crippen LogP contribution in [0.2, 0.25) is 0 Å². The number of aliphatic hydroxyl groups is 5. The van der Waals surface area contributed by atoms with Crippen LogP contribution in [0, 0.1) is 5.92 Å². The van der Waals surface area contributed by atoms with Crippen LogP contribution in [-0.2, 0) is 39.0 Å². The number of carbonyl (C=O) groups is 10. The lowest BCUT2D eigenvalue weighted by Gasteiger charge is -2.41. The number of aromatic nitrogens is 5. The van der Waals surface area contributed by atoms with Gasteiger partial charge in [0.05, 0.1) is 58.9 Å². The molecule has 4 aliphatic heterocycles. The third kappa shape index (κ3) is 16.3. The van der Waals surface area contributed by atoms with E-state index in [9.17, 15) is 63.9 Å². The first-order valence-corrected chi connectivity index (χ1v) is 37.5. The van der Waals surface area contributed by atoms with E-state index in [1.807, 2.05) is 6.92 Å². The number of nitrogens with two attached hydrogens (primary N) is 1. The molecule has 5 aliphatic rings. The highest BCUT2D eigenvalue weighted by Crippen LogP contribution is 2.48. The van der Waals surface area contributed by atoms with Crippen LogP contribution in [-0.4, -0.2) is 186 Å². The number of thioether (sulfide) groups is 1. The number of hydrogen-bond acceptors (Lipinski definition) is 29. The molecule has 33 nitrogen and oxygen atoms in total. The van der Waals surface area contributed by atoms with Crippen molar-refractivity contribution in [1.82, 2.24) is 72.8 Å². The summed E-state index contributed by atoms with van der Waals surface area (Å²) < 4.78 is 6.24. The van der Waals surface area contributed by atoms with E-state index < -0.39 is 172 Å². The first-order valence-electron chi connectivity index (χ1n) is 33.0. The molecule has 0 saturated heterocycles. The number of ether oxygens (including phenoxy) is 1. The Morgan fingerprint density at radius 2 is 1.47 bits per heavy atom. The number of nitrogens with one attached hydrogen (secondary N) is 9. The highest BCUT2D eigenvalue weighted by atomic mass is 32.2. The van der Waals surface area contributed by atoms with Gasteiger partial charge in [-0.1, -0.05) is 45.1 Å². The van der Waals surface area contributed by atoms with Crippen LogP contribution in [0.3, 0.4) is 0 Å². The van der Waals surface area contributed by atoms with Crippen LogP contribution in [0.15, 0.2) is 67.7 Å². The lowest BCUT2D eigenvalue weighted by atomic mass is 9.80. The maximum Gasteiger partial charge on any atom is 0.357 e. The molecule has 10 rings (SSSR count). The van der Waals surface area contributed by atoms with E-state index in [4.69, 9.17) is 25.4 Å². The van der Waals surface area contributed by atoms with Gasteiger partial charge in [-0.15, -0.1) is 57.1 Å². The summed E-state index contributed by atoms with van der Waals surface area (Å²) in [7, 11) is 0. The highest BCUT2D eigenvalue weighted by Gasteiger charge is 2.51. The van der Waals surface area contributed by atoms with Crippen molar-refractivity contribution in [2.45, 2.75) is 185 Å². The average Bonchev–Trinajstić information content (AvgIpc) is 1.43. The Bertz CT molecular complexity index is 4390. The fourth-order valence-electron chi connectivity index (χ4n) is 11.8. The number of pyridine rings is 1. The second-order valence-electron chi connectivity index (χ2n) is 25.9. The first-order chi connectivity index (χ1) is 49.1. The molecule has 5 aromatic rings. The topological polar surface area (TPSA) is 505 Å². The van der Waals surface area contributed by atoms with Crippen molar-refractivity contribution in [1.29, 1.82) is 0 Å². The van der Waals surface area contributed by atoms with E-state index >= 15 is 9.59 Å². The van der Waals surface area contributed by atoms with E-state index in [1.165, 1.54) is 82.1 Å². The number of fused-ring (bicyclic) bond motifs is 7. The molecular weight excluding hydrogens is 1450 g/mol. The molecule has 1 aliphatic carbocycles. The maximum absolute atomic E-state index is 15.2. The van der Waals surface area contributed by atoms with Gasteiger partial charge in [-0.2, -0.15) is 0 Å². The number of cyclic esters (lactones) is 1. The van der Waals surface area contributed by atoms with Crippen molar-refractivity contribution in [2.75, 3.05) is 5.75 Å². The number of aliphatic imine (C=N–C) groups is 2. The summed E-state index contributed by atoms with van der Waals surface area (Å²) in [6.45, 7) is 18.2. The van der Waals surface area contributed by atoms with Gasteiger partial charge in [-0.3, -0.25) is 58.5 Å². The molecule has 9 amide bonds. The minimum Gasteiger partial charge on any atom is -0.455 e. The van der Waals surface area contributed by atoms with E-state index in [2.05, 4.69) is 74.4 Å². The second-order valence-corrected chi connectivity index (χ2v) is 30.4. The monoisotopic (exact) mass is 1530 g/mol. The minimum absolute atomic E-state index is 0.00929. The van der Waals surface area contributed by atoms with Crippen molar-refractivity contribution in [3.05, 3.63) is 123 Å². The number of primary amides is 1. The van der Waals surface area contributed by atoms with Gasteiger partial charge in [0.15, 0.2) is 0 Å². The van der Waals surface area contributed by atoms with E-state index in [0.29, 0.717) is 6.42 Å². The van der Waals surface area contributed by atoms with Crippen LogP contribution in [0.5, 0.6) is 0 Å². The number of carbonyl (C=O) groups excluding carboxylic acids is 10. The quantitative estimate of drug-likeness (QED) is 0.0773. The van der Waals surface area contributed by atoms with Gasteiger partial charge in [-0.05, 0) is 85.8 Å². The van der Waals surface area contributed by atoms with Crippen LogP contribution in [0.25, 0.3) is 6.08 Å². The summed E-state index contributed by atoms with van der Waals surface area (Å²) in [5.41, 5.74) is 0.481. The van der Waals surface area contributed by atoms with Crippen molar-refractivity contribution in [2.24, 2.45) is 21.6 Å². The third-order valence-corrected chi connectivity index (χ3v) is 23.2. The third-order valence-electron chi connectivity index (χ3n) is 18.4. The van der Waals surface area contributed by atoms with E-state index in [1.54, 1.807) is 26.0 Å². The molecule has 104 heavy (non-hydrogen) atoms. The molecule has 0 radical (unpaired) electrons. The molecule has 16 N–H and O–H groups in total. The minimum atomic E-state index is -2.17. The molecule has 0 aromatic carbocycles. The van der Waals surface area contributed by atoms with Gasteiger partial charge in [0.1, 0.15) is 113 Å². The zero-order valence-corrected chi connectivity index (χ0v) is 61.9. The fourth-order valence-corrected chi connectivity index (χ4v) is 16.7. The summed E-state index contributed by atoms with van der Waals surface area (Å²) in [6.07, 6.45) is -2.69. The lowest BCUT2D eigenvalue weighted by Crippen LogP contribution is -2.57.